The summed E-state index contributed by atoms with van der Waals surface area (Å²) >= 11 is 0. The molecule has 5 nitrogen and oxygen atoms in total. The Morgan fingerprint density at radius 1 is 1.32 bits per heavy atom. The van der Waals surface area contributed by atoms with Crippen molar-refractivity contribution in [2.45, 2.75) is 13.8 Å². The molecule has 1 saturated heterocycles. The predicted octanol–water partition coefficient (Wildman–Crippen LogP) is 1.78. The molecule has 1 fully saturated rings. The third-order valence-electron chi connectivity index (χ3n) is 3.71. The van der Waals surface area contributed by atoms with Crippen LogP contribution in [0.15, 0.2) is 24.3 Å². The Morgan fingerprint density at radius 2 is 2.00 bits per heavy atom. The summed E-state index contributed by atoms with van der Waals surface area (Å²) in [4.78, 5) is 14.5. The molecule has 1 aliphatic rings. The van der Waals surface area contributed by atoms with E-state index in [1.165, 1.54) is 0 Å². The molecule has 1 heterocycles. The van der Waals surface area contributed by atoms with E-state index in [4.69, 9.17) is 9.47 Å². The molecule has 22 heavy (non-hydrogen) atoms. The SMILES string of the molecule is CCOc1ccc(C(=O)NCC(C)CN2CCOCC2)cc1. The first kappa shape index (κ1) is 16.8. The molecular weight excluding hydrogens is 280 g/mol. The van der Waals surface area contributed by atoms with Gasteiger partial charge in [0.15, 0.2) is 0 Å². The summed E-state index contributed by atoms with van der Waals surface area (Å²) in [7, 11) is 0. The molecule has 0 bridgehead atoms. The van der Waals surface area contributed by atoms with Gasteiger partial charge in [-0.25, -0.2) is 0 Å². The van der Waals surface area contributed by atoms with E-state index in [-0.39, 0.29) is 5.91 Å². The maximum Gasteiger partial charge on any atom is 0.251 e. The van der Waals surface area contributed by atoms with Crippen molar-refractivity contribution in [3.63, 3.8) is 0 Å². The molecule has 0 saturated carbocycles. The average molecular weight is 306 g/mol. The van der Waals surface area contributed by atoms with E-state index in [9.17, 15) is 4.79 Å². The van der Waals surface area contributed by atoms with Gasteiger partial charge in [0.1, 0.15) is 5.75 Å². The zero-order chi connectivity index (χ0) is 15.8. The number of nitrogens with zero attached hydrogens (tertiary/aromatic N) is 1. The number of carbonyl (C=O) groups is 1. The van der Waals surface area contributed by atoms with Crippen LogP contribution >= 0.6 is 0 Å². The molecule has 1 N–H and O–H groups in total. The highest BCUT2D eigenvalue weighted by Gasteiger charge is 2.14. The highest BCUT2D eigenvalue weighted by atomic mass is 16.5. The van der Waals surface area contributed by atoms with Crippen LogP contribution in [0.5, 0.6) is 5.75 Å². The molecular formula is C17H26N2O3. The summed E-state index contributed by atoms with van der Waals surface area (Å²) in [5.41, 5.74) is 0.669. The maximum absolute atomic E-state index is 12.1. The fraction of sp³-hybridized carbons (Fsp3) is 0.588. The van der Waals surface area contributed by atoms with E-state index < -0.39 is 0 Å². The second kappa shape index (κ2) is 8.76. The van der Waals surface area contributed by atoms with Crippen molar-refractivity contribution in [2.24, 2.45) is 5.92 Å². The quantitative estimate of drug-likeness (QED) is 0.834. The van der Waals surface area contributed by atoms with Crippen LogP contribution in [0.4, 0.5) is 0 Å². The van der Waals surface area contributed by atoms with E-state index in [0.29, 0.717) is 24.6 Å². The highest BCUT2D eigenvalue weighted by molar-refractivity contribution is 5.94. The number of nitrogens with one attached hydrogen (secondary N) is 1. The normalized spacial score (nSPS) is 17.0. The van der Waals surface area contributed by atoms with Crippen LogP contribution in [-0.4, -0.2) is 56.8 Å². The number of carbonyl (C=O) groups excluding carboxylic acids is 1. The molecule has 122 valence electrons. The monoisotopic (exact) mass is 306 g/mol. The smallest absolute Gasteiger partial charge is 0.251 e. The van der Waals surface area contributed by atoms with Gasteiger partial charge in [-0.1, -0.05) is 6.92 Å². The molecule has 0 radical (unpaired) electrons. The lowest BCUT2D eigenvalue weighted by Crippen LogP contribution is -2.41. The van der Waals surface area contributed by atoms with E-state index in [1.807, 2.05) is 19.1 Å². The predicted molar refractivity (Wildman–Crippen MR) is 86.4 cm³/mol. The summed E-state index contributed by atoms with van der Waals surface area (Å²) in [6, 6.07) is 7.26. The number of benzene rings is 1. The molecule has 0 aliphatic carbocycles. The largest absolute Gasteiger partial charge is 0.494 e. The van der Waals surface area contributed by atoms with Crippen molar-refractivity contribution in [1.29, 1.82) is 0 Å². The van der Waals surface area contributed by atoms with E-state index in [2.05, 4.69) is 17.1 Å². The topological polar surface area (TPSA) is 50.8 Å². The van der Waals surface area contributed by atoms with Gasteiger partial charge in [0.05, 0.1) is 19.8 Å². The minimum absolute atomic E-state index is 0.0307. The third kappa shape index (κ3) is 5.31. The first-order valence-electron chi connectivity index (χ1n) is 8.00. The van der Waals surface area contributed by atoms with Crippen molar-refractivity contribution in [3.05, 3.63) is 29.8 Å². The third-order valence-corrected chi connectivity index (χ3v) is 3.71. The Hall–Kier alpha value is -1.59. The zero-order valence-corrected chi connectivity index (χ0v) is 13.5. The molecule has 1 amide bonds. The maximum atomic E-state index is 12.1. The van der Waals surface area contributed by atoms with Crippen molar-refractivity contribution in [3.8, 4) is 5.75 Å². The number of morpholine rings is 1. The van der Waals surface area contributed by atoms with Crippen molar-refractivity contribution in [1.82, 2.24) is 10.2 Å². The number of rotatable bonds is 7. The van der Waals surface area contributed by atoms with Crippen LogP contribution < -0.4 is 10.1 Å². The summed E-state index contributed by atoms with van der Waals surface area (Å²) in [6.07, 6.45) is 0. The van der Waals surface area contributed by atoms with Gasteiger partial charge >= 0.3 is 0 Å². The first-order valence-corrected chi connectivity index (χ1v) is 8.00. The van der Waals surface area contributed by atoms with Crippen molar-refractivity contribution < 1.29 is 14.3 Å². The second-order valence-electron chi connectivity index (χ2n) is 5.69. The standard InChI is InChI=1S/C17H26N2O3/c1-3-22-16-6-4-15(5-7-16)17(20)18-12-14(2)13-19-8-10-21-11-9-19/h4-7,14H,3,8-13H2,1-2H3,(H,18,20). The summed E-state index contributed by atoms with van der Waals surface area (Å²) in [5, 5.41) is 3.00. The Kier molecular flexibility index (Phi) is 6.68. The molecule has 1 unspecified atom stereocenters. The van der Waals surface area contributed by atoms with Crippen LogP contribution in [0.1, 0.15) is 24.2 Å². The first-order chi connectivity index (χ1) is 10.7. The van der Waals surface area contributed by atoms with E-state index >= 15 is 0 Å². The van der Waals surface area contributed by atoms with Gasteiger partial charge in [-0.2, -0.15) is 0 Å². The molecule has 2 rings (SSSR count). The zero-order valence-electron chi connectivity index (χ0n) is 13.5. The average Bonchev–Trinajstić information content (AvgIpc) is 2.54. The minimum atomic E-state index is -0.0307. The van der Waals surface area contributed by atoms with Gasteiger partial charge in [-0.15, -0.1) is 0 Å². The lowest BCUT2D eigenvalue weighted by molar-refractivity contribution is 0.0317. The van der Waals surface area contributed by atoms with Gasteiger partial charge < -0.3 is 14.8 Å². The fourth-order valence-electron chi connectivity index (χ4n) is 2.53. The molecule has 1 atom stereocenters. The molecule has 0 aromatic heterocycles. The molecule has 5 heteroatoms. The number of hydrogen-bond acceptors (Lipinski definition) is 4. The summed E-state index contributed by atoms with van der Waals surface area (Å²) in [5.74, 6) is 1.18. The van der Waals surface area contributed by atoms with Gasteiger partial charge in [0.2, 0.25) is 0 Å². The summed E-state index contributed by atoms with van der Waals surface area (Å²) < 4.78 is 10.7. The van der Waals surface area contributed by atoms with Crippen molar-refractivity contribution in [2.75, 3.05) is 46.0 Å². The molecule has 1 aromatic carbocycles. The van der Waals surface area contributed by atoms with E-state index in [1.54, 1.807) is 12.1 Å². The summed E-state index contributed by atoms with van der Waals surface area (Å²) in [6.45, 7) is 10.00. The highest BCUT2D eigenvalue weighted by Crippen LogP contribution is 2.12. The molecule has 1 aliphatic heterocycles. The number of hydrogen-bond donors (Lipinski definition) is 1. The molecule has 1 aromatic rings. The Labute approximate surface area is 132 Å². The van der Waals surface area contributed by atoms with Crippen LogP contribution in [-0.2, 0) is 4.74 Å². The fourth-order valence-corrected chi connectivity index (χ4v) is 2.53. The Balaban J connectivity index is 1.74. The minimum Gasteiger partial charge on any atom is -0.494 e. The second-order valence-corrected chi connectivity index (χ2v) is 5.69. The van der Waals surface area contributed by atoms with Crippen LogP contribution in [0, 0.1) is 5.92 Å². The Morgan fingerprint density at radius 3 is 2.64 bits per heavy atom. The molecule has 0 spiro atoms. The van der Waals surface area contributed by atoms with Crippen LogP contribution in [0.2, 0.25) is 0 Å². The van der Waals surface area contributed by atoms with Crippen molar-refractivity contribution >= 4 is 5.91 Å². The van der Waals surface area contributed by atoms with Gasteiger partial charge in [-0.3, -0.25) is 9.69 Å². The van der Waals surface area contributed by atoms with Gasteiger partial charge in [0, 0.05) is 31.7 Å². The number of ether oxygens (including phenoxy) is 2. The van der Waals surface area contributed by atoms with E-state index in [0.717, 1.165) is 38.6 Å². The lowest BCUT2D eigenvalue weighted by atomic mass is 10.1. The Bertz CT molecular complexity index is 455. The van der Waals surface area contributed by atoms with Crippen LogP contribution in [0.25, 0.3) is 0 Å². The van der Waals surface area contributed by atoms with Gasteiger partial charge in [0.25, 0.3) is 5.91 Å². The van der Waals surface area contributed by atoms with Crippen LogP contribution in [0.3, 0.4) is 0 Å². The number of amides is 1. The van der Waals surface area contributed by atoms with Gasteiger partial charge in [-0.05, 0) is 37.1 Å². The lowest BCUT2D eigenvalue weighted by Gasteiger charge is -2.29.